The van der Waals surface area contributed by atoms with E-state index in [-0.39, 0.29) is 0 Å². The van der Waals surface area contributed by atoms with Gasteiger partial charge >= 0.3 is 0 Å². The summed E-state index contributed by atoms with van der Waals surface area (Å²) < 4.78 is 10.6. The summed E-state index contributed by atoms with van der Waals surface area (Å²) in [5.74, 6) is 1.64. The number of methoxy groups -OCH3 is 2. The van der Waals surface area contributed by atoms with Crippen molar-refractivity contribution in [2.75, 3.05) is 14.2 Å². The lowest BCUT2D eigenvalue weighted by molar-refractivity contribution is 0.414. The zero-order valence-electron chi connectivity index (χ0n) is 12.3. The van der Waals surface area contributed by atoms with Gasteiger partial charge < -0.3 is 9.47 Å². The molecular formula is C18H14ClNO2. The Morgan fingerprint density at radius 3 is 2.50 bits per heavy atom. The van der Waals surface area contributed by atoms with Crippen molar-refractivity contribution in [3.05, 3.63) is 52.5 Å². The van der Waals surface area contributed by atoms with Crippen molar-refractivity contribution in [3.8, 4) is 22.8 Å². The summed E-state index contributed by atoms with van der Waals surface area (Å²) in [4.78, 5) is 4.81. The molecule has 0 fully saturated rings. The van der Waals surface area contributed by atoms with Gasteiger partial charge in [0.1, 0.15) is 11.5 Å². The highest BCUT2D eigenvalue weighted by molar-refractivity contribution is 6.36. The number of benzene rings is 2. The van der Waals surface area contributed by atoms with Crippen LogP contribution in [-0.2, 0) is 6.42 Å². The van der Waals surface area contributed by atoms with Crippen LogP contribution in [0.1, 0.15) is 11.1 Å². The molecule has 0 spiro atoms. The Bertz CT molecular complexity index is 905. The summed E-state index contributed by atoms with van der Waals surface area (Å²) >= 11 is 6.65. The van der Waals surface area contributed by atoms with Gasteiger partial charge in [0.25, 0.3) is 0 Å². The van der Waals surface area contributed by atoms with Crippen molar-refractivity contribution < 1.29 is 9.47 Å². The van der Waals surface area contributed by atoms with Gasteiger partial charge in [0, 0.05) is 22.9 Å². The van der Waals surface area contributed by atoms with Crippen LogP contribution in [0.4, 0.5) is 0 Å². The predicted octanol–water partition coefficient (Wildman–Crippen LogP) is 4.48. The lowest BCUT2D eigenvalue weighted by Crippen LogP contribution is -1.91. The van der Waals surface area contributed by atoms with Crippen LogP contribution in [0.5, 0.6) is 11.5 Å². The number of hydrogen-bond donors (Lipinski definition) is 0. The number of halogens is 1. The van der Waals surface area contributed by atoms with Gasteiger partial charge in [-0.05, 0) is 42.0 Å². The van der Waals surface area contributed by atoms with Crippen LogP contribution in [0.3, 0.4) is 0 Å². The van der Waals surface area contributed by atoms with Crippen molar-refractivity contribution in [2.45, 2.75) is 6.42 Å². The maximum absolute atomic E-state index is 6.65. The third kappa shape index (κ3) is 1.86. The van der Waals surface area contributed by atoms with E-state index in [9.17, 15) is 0 Å². The fourth-order valence-electron chi connectivity index (χ4n) is 3.02. The molecule has 2 aromatic carbocycles. The van der Waals surface area contributed by atoms with Crippen LogP contribution in [0.2, 0.25) is 5.02 Å². The van der Waals surface area contributed by atoms with Gasteiger partial charge in [-0.3, -0.25) is 0 Å². The highest BCUT2D eigenvalue weighted by Crippen LogP contribution is 2.43. The molecule has 0 saturated heterocycles. The summed E-state index contributed by atoms with van der Waals surface area (Å²) in [5.41, 5.74) is 5.26. The lowest BCUT2D eigenvalue weighted by Gasteiger charge is -2.08. The second-order valence-corrected chi connectivity index (χ2v) is 5.71. The molecule has 22 heavy (non-hydrogen) atoms. The zero-order valence-corrected chi connectivity index (χ0v) is 13.1. The average molecular weight is 312 g/mol. The fourth-order valence-corrected chi connectivity index (χ4v) is 3.33. The maximum Gasteiger partial charge on any atom is 0.119 e. The van der Waals surface area contributed by atoms with Gasteiger partial charge in [-0.25, -0.2) is 4.98 Å². The zero-order chi connectivity index (χ0) is 15.3. The predicted molar refractivity (Wildman–Crippen MR) is 88.1 cm³/mol. The Balaban J connectivity index is 1.96. The minimum Gasteiger partial charge on any atom is -0.497 e. The summed E-state index contributed by atoms with van der Waals surface area (Å²) in [6.45, 7) is 0. The van der Waals surface area contributed by atoms with E-state index in [4.69, 9.17) is 26.1 Å². The second-order valence-electron chi connectivity index (χ2n) is 5.34. The third-order valence-corrected chi connectivity index (χ3v) is 4.59. The number of fused-ring (bicyclic) bond motifs is 4. The Hall–Kier alpha value is -2.26. The molecular weight excluding hydrogens is 298 g/mol. The van der Waals surface area contributed by atoms with E-state index in [0.717, 1.165) is 50.7 Å². The van der Waals surface area contributed by atoms with Crippen LogP contribution >= 0.6 is 11.6 Å². The standard InChI is InChI=1S/C18H14ClNO2/c1-21-11-3-5-13-10(7-11)8-15-17(19)14-9-12(22-2)4-6-16(14)20-18(13)15/h3-7,9H,8H2,1-2H3. The van der Waals surface area contributed by atoms with E-state index in [1.165, 1.54) is 5.56 Å². The fraction of sp³-hybridized carbons (Fsp3) is 0.167. The number of aromatic nitrogens is 1. The molecule has 1 heterocycles. The molecule has 0 saturated carbocycles. The molecule has 0 bridgehead atoms. The molecule has 1 aromatic heterocycles. The molecule has 0 aliphatic heterocycles. The van der Waals surface area contributed by atoms with E-state index in [1.807, 2.05) is 24.3 Å². The second kappa shape index (κ2) is 4.89. The van der Waals surface area contributed by atoms with Gasteiger partial charge in [-0.15, -0.1) is 0 Å². The Kier molecular flexibility index (Phi) is 2.98. The number of rotatable bonds is 2. The average Bonchev–Trinajstić information content (AvgIpc) is 2.92. The molecule has 0 N–H and O–H groups in total. The van der Waals surface area contributed by atoms with Crippen molar-refractivity contribution in [3.63, 3.8) is 0 Å². The Morgan fingerprint density at radius 2 is 1.73 bits per heavy atom. The third-order valence-electron chi connectivity index (χ3n) is 4.16. The highest BCUT2D eigenvalue weighted by atomic mass is 35.5. The Labute approximate surface area is 133 Å². The van der Waals surface area contributed by atoms with Crippen LogP contribution in [0, 0.1) is 0 Å². The van der Waals surface area contributed by atoms with Crippen molar-refractivity contribution >= 4 is 22.5 Å². The summed E-state index contributed by atoms with van der Waals surface area (Å²) in [7, 11) is 3.33. The number of hydrogen-bond acceptors (Lipinski definition) is 3. The van der Waals surface area contributed by atoms with Crippen LogP contribution in [0.15, 0.2) is 36.4 Å². The van der Waals surface area contributed by atoms with Crippen LogP contribution in [-0.4, -0.2) is 19.2 Å². The largest absolute Gasteiger partial charge is 0.497 e. The van der Waals surface area contributed by atoms with Gasteiger partial charge in [-0.1, -0.05) is 11.6 Å². The van der Waals surface area contributed by atoms with E-state index in [0.29, 0.717) is 0 Å². The van der Waals surface area contributed by atoms with Gasteiger partial charge in [0.15, 0.2) is 0 Å². The maximum atomic E-state index is 6.65. The monoisotopic (exact) mass is 311 g/mol. The van der Waals surface area contributed by atoms with Gasteiger partial charge in [0.2, 0.25) is 0 Å². The van der Waals surface area contributed by atoms with E-state index in [1.54, 1.807) is 14.2 Å². The van der Waals surface area contributed by atoms with Crippen LogP contribution in [0.25, 0.3) is 22.2 Å². The van der Waals surface area contributed by atoms with E-state index >= 15 is 0 Å². The first-order chi connectivity index (χ1) is 10.7. The summed E-state index contributed by atoms with van der Waals surface area (Å²) in [6.07, 6.45) is 0.779. The molecule has 1 aliphatic carbocycles. The molecule has 110 valence electrons. The minimum atomic E-state index is 0.758. The molecule has 1 aliphatic rings. The van der Waals surface area contributed by atoms with Gasteiger partial charge in [0.05, 0.1) is 30.5 Å². The normalized spacial score (nSPS) is 12.1. The Morgan fingerprint density at radius 1 is 1.00 bits per heavy atom. The SMILES string of the molecule is COc1ccc2c(c1)Cc1c-2nc2ccc(OC)cc2c1Cl. The lowest BCUT2D eigenvalue weighted by atomic mass is 10.1. The molecule has 3 aromatic rings. The quantitative estimate of drug-likeness (QED) is 0.547. The van der Waals surface area contributed by atoms with Crippen molar-refractivity contribution in [1.29, 1.82) is 0 Å². The molecule has 0 atom stereocenters. The summed E-state index contributed by atoms with van der Waals surface area (Å²) in [5, 5.41) is 1.69. The first-order valence-electron chi connectivity index (χ1n) is 7.04. The number of ether oxygens (including phenoxy) is 2. The topological polar surface area (TPSA) is 31.4 Å². The first kappa shape index (κ1) is 13.4. The van der Waals surface area contributed by atoms with Crippen molar-refractivity contribution in [2.24, 2.45) is 0 Å². The molecule has 4 rings (SSSR count). The smallest absolute Gasteiger partial charge is 0.119 e. The molecule has 0 unspecified atom stereocenters. The van der Waals surface area contributed by atoms with Crippen LogP contribution < -0.4 is 9.47 Å². The summed E-state index contributed by atoms with van der Waals surface area (Å²) in [6, 6.07) is 11.9. The van der Waals surface area contributed by atoms with E-state index in [2.05, 4.69) is 12.1 Å². The number of pyridine rings is 1. The molecule has 0 radical (unpaired) electrons. The molecule has 3 nitrogen and oxygen atoms in total. The number of nitrogens with zero attached hydrogens (tertiary/aromatic N) is 1. The first-order valence-corrected chi connectivity index (χ1v) is 7.42. The molecule has 0 amide bonds. The highest BCUT2D eigenvalue weighted by Gasteiger charge is 2.24. The minimum absolute atomic E-state index is 0.758. The van der Waals surface area contributed by atoms with Gasteiger partial charge in [-0.2, -0.15) is 0 Å². The molecule has 4 heteroatoms. The van der Waals surface area contributed by atoms with E-state index < -0.39 is 0 Å². The van der Waals surface area contributed by atoms with Crippen molar-refractivity contribution in [1.82, 2.24) is 4.98 Å².